The van der Waals surface area contributed by atoms with Gasteiger partial charge in [0.1, 0.15) is 18.1 Å². The minimum atomic E-state index is -1.36. The van der Waals surface area contributed by atoms with Gasteiger partial charge in [-0.15, -0.1) is 0 Å². The quantitative estimate of drug-likeness (QED) is 0.493. The van der Waals surface area contributed by atoms with Crippen LogP contribution in [0.3, 0.4) is 0 Å². The van der Waals surface area contributed by atoms with Crippen LogP contribution in [0.4, 0.5) is 10.5 Å². The third kappa shape index (κ3) is 5.31. The van der Waals surface area contributed by atoms with Gasteiger partial charge in [-0.05, 0) is 78.7 Å². The highest BCUT2D eigenvalue weighted by atomic mass is 35.5. The van der Waals surface area contributed by atoms with E-state index in [0.717, 1.165) is 16.0 Å². The van der Waals surface area contributed by atoms with Crippen molar-refractivity contribution in [2.45, 2.75) is 13.8 Å². The summed E-state index contributed by atoms with van der Waals surface area (Å²) in [7, 11) is 0. The predicted molar refractivity (Wildman–Crippen MR) is 131 cm³/mol. The standard InChI is InChI=1S/C25H19ClN2O6S/c1-13-3-5-16(9-14(13)2)27-22(29)12-28-23(30)21(35-25(28)33)11-17-6-8-20(34-17)18-10-15(24(31)32)4-7-19(18)26/h3-11H,12H2,1-2H3,(H,27,29)(H,31,32)/p-1/b21-11+. The van der Waals surface area contributed by atoms with Gasteiger partial charge in [0.25, 0.3) is 11.1 Å². The van der Waals surface area contributed by atoms with Crippen molar-refractivity contribution in [1.29, 1.82) is 0 Å². The molecule has 1 saturated heterocycles. The van der Waals surface area contributed by atoms with E-state index >= 15 is 0 Å². The molecular weight excluding hydrogens is 492 g/mol. The summed E-state index contributed by atoms with van der Waals surface area (Å²) in [4.78, 5) is 49.6. The summed E-state index contributed by atoms with van der Waals surface area (Å²) >= 11 is 6.85. The monoisotopic (exact) mass is 509 g/mol. The molecule has 3 aromatic rings. The van der Waals surface area contributed by atoms with Crippen molar-refractivity contribution in [3.63, 3.8) is 0 Å². The molecule has 178 valence electrons. The molecule has 8 nitrogen and oxygen atoms in total. The molecule has 10 heteroatoms. The van der Waals surface area contributed by atoms with Gasteiger partial charge in [0.15, 0.2) is 0 Å². The lowest BCUT2D eigenvalue weighted by atomic mass is 10.1. The van der Waals surface area contributed by atoms with Gasteiger partial charge in [-0.3, -0.25) is 19.3 Å². The Kier molecular flexibility index (Phi) is 6.81. The van der Waals surface area contributed by atoms with Crippen molar-refractivity contribution in [2.75, 3.05) is 11.9 Å². The number of halogens is 1. The molecule has 2 aromatic carbocycles. The second kappa shape index (κ2) is 9.81. The molecule has 0 atom stereocenters. The van der Waals surface area contributed by atoms with Crippen LogP contribution in [0.2, 0.25) is 5.02 Å². The van der Waals surface area contributed by atoms with Crippen LogP contribution in [-0.4, -0.2) is 34.5 Å². The Morgan fingerprint density at radius 3 is 2.57 bits per heavy atom. The molecule has 2 heterocycles. The third-order valence-electron chi connectivity index (χ3n) is 5.33. The topological polar surface area (TPSA) is 120 Å². The molecule has 1 aromatic heterocycles. The van der Waals surface area contributed by atoms with Gasteiger partial charge in [-0.2, -0.15) is 0 Å². The Balaban J connectivity index is 1.48. The first-order chi connectivity index (χ1) is 16.6. The molecule has 1 N–H and O–H groups in total. The molecule has 0 aliphatic carbocycles. The number of aryl methyl sites for hydroxylation is 2. The molecule has 0 radical (unpaired) electrons. The van der Waals surface area contributed by atoms with Gasteiger partial charge in [-0.1, -0.05) is 23.7 Å². The zero-order chi connectivity index (χ0) is 25.3. The summed E-state index contributed by atoms with van der Waals surface area (Å²) in [6.45, 7) is 3.44. The van der Waals surface area contributed by atoms with Crippen LogP contribution in [0, 0.1) is 13.8 Å². The lowest BCUT2D eigenvalue weighted by Gasteiger charge is -2.13. The number of imide groups is 1. The minimum absolute atomic E-state index is 0.0671. The number of carbonyl (C=O) groups excluding carboxylic acids is 4. The van der Waals surface area contributed by atoms with Crippen LogP contribution in [0.5, 0.6) is 0 Å². The molecule has 1 fully saturated rings. The maximum Gasteiger partial charge on any atom is 0.294 e. The van der Waals surface area contributed by atoms with E-state index in [4.69, 9.17) is 16.0 Å². The number of nitrogens with zero attached hydrogens (tertiary/aromatic N) is 1. The number of benzene rings is 2. The van der Waals surface area contributed by atoms with E-state index in [-0.39, 0.29) is 27.0 Å². The van der Waals surface area contributed by atoms with Gasteiger partial charge < -0.3 is 19.6 Å². The highest BCUT2D eigenvalue weighted by Gasteiger charge is 2.36. The Morgan fingerprint density at radius 2 is 1.86 bits per heavy atom. The van der Waals surface area contributed by atoms with Gasteiger partial charge in [0.2, 0.25) is 5.91 Å². The zero-order valence-electron chi connectivity index (χ0n) is 18.6. The summed E-state index contributed by atoms with van der Waals surface area (Å²) < 4.78 is 5.70. The first-order valence-electron chi connectivity index (χ1n) is 10.4. The number of amides is 3. The van der Waals surface area contributed by atoms with Crippen LogP contribution in [0.15, 0.2) is 57.9 Å². The number of carbonyl (C=O) groups is 4. The summed E-state index contributed by atoms with van der Waals surface area (Å²) in [6.07, 6.45) is 1.38. The molecule has 3 amide bonds. The van der Waals surface area contributed by atoms with Crippen molar-refractivity contribution < 1.29 is 28.7 Å². The lowest BCUT2D eigenvalue weighted by Crippen LogP contribution is -2.36. The summed E-state index contributed by atoms with van der Waals surface area (Å²) in [5.74, 6) is -1.95. The number of furan rings is 1. The van der Waals surface area contributed by atoms with Crippen LogP contribution in [-0.2, 0) is 9.59 Å². The van der Waals surface area contributed by atoms with Crippen LogP contribution in [0.1, 0.15) is 27.2 Å². The van der Waals surface area contributed by atoms with E-state index in [2.05, 4.69) is 5.32 Å². The van der Waals surface area contributed by atoms with Crippen molar-refractivity contribution in [1.82, 2.24) is 4.90 Å². The van der Waals surface area contributed by atoms with Gasteiger partial charge in [-0.25, -0.2) is 0 Å². The summed E-state index contributed by atoms with van der Waals surface area (Å²) in [5.41, 5.74) is 2.92. The minimum Gasteiger partial charge on any atom is -0.545 e. The molecule has 0 unspecified atom stereocenters. The molecule has 0 spiro atoms. The fourth-order valence-corrected chi connectivity index (χ4v) is 4.37. The number of carboxylic acids is 1. The van der Waals surface area contributed by atoms with Crippen molar-refractivity contribution in [3.05, 3.63) is 80.9 Å². The number of hydrogen-bond acceptors (Lipinski definition) is 7. The maximum absolute atomic E-state index is 12.8. The van der Waals surface area contributed by atoms with E-state index < -0.39 is 29.6 Å². The number of nitrogens with one attached hydrogen (secondary N) is 1. The molecule has 0 bridgehead atoms. The normalized spacial score (nSPS) is 14.6. The Morgan fingerprint density at radius 1 is 1.09 bits per heavy atom. The number of anilines is 1. The summed E-state index contributed by atoms with van der Waals surface area (Å²) in [6, 6.07) is 12.6. The van der Waals surface area contributed by atoms with Gasteiger partial charge in [0.05, 0.1) is 15.9 Å². The zero-order valence-corrected chi connectivity index (χ0v) is 20.2. The molecular formula is C25H18ClN2O6S-. The van der Waals surface area contributed by atoms with Crippen LogP contribution in [0.25, 0.3) is 17.4 Å². The Labute approximate surface area is 209 Å². The molecule has 4 rings (SSSR count). The van der Waals surface area contributed by atoms with Crippen LogP contribution >= 0.6 is 23.4 Å². The first kappa shape index (κ1) is 24.3. The number of hydrogen-bond donors (Lipinski definition) is 1. The molecule has 1 aliphatic heterocycles. The predicted octanol–water partition coefficient (Wildman–Crippen LogP) is 4.26. The highest BCUT2D eigenvalue weighted by molar-refractivity contribution is 8.18. The third-order valence-corrected chi connectivity index (χ3v) is 6.57. The van der Waals surface area contributed by atoms with E-state index in [9.17, 15) is 24.3 Å². The SMILES string of the molecule is Cc1ccc(NC(=O)CN2C(=O)S/C(=C/c3ccc(-c4cc(C(=O)[O-])ccc4Cl)o3)C2=O)cc1C. The van der Waals surface area contributed by atoms with Crippen molar-refractivity contribution in [3.8, 4) is 11.3 Å². The molecule has 0 saturated carbocycles. The number of carboxylic acid groups (broad SMARTS) is 1. The summed E-state index contributed by atoms with van der Waals surface area (Å²) in [5, 5.41) is 13.5. The Hall–Kier alpha value is -3.82. The van der Waals surface area contributed by atoms with E-state index in [0.29, 0.717) is 23.0 Å². The smallest absolute Gasteiger partial charge is 0.294 e. The number of rotatable bonds is 6. The second-order valence-electron chi connectivity index (χ2n) is 7.80. The fraction of sp³-hybridized carbons (Fsp3) is 0.120. The first-order valence-corrected chi connectivity index (χ1v) is 11.6. The maximum atomic E-state index is 12.8. The average molecular weight is 510 g/mol. The lowest BCUT2D eigenvalue weighted by molar-refractivity contribution is -0.255. The second-order valence-corrected chi connectivity index (χ2v) is 9.20. The van der Waals surface area contributed by atoms with Gasteiger partial charge >= 0.3 is 0 Å². The number of aromatic carboxylic acids is 1. The average Bonchev–Trinajstić information content (AvgIpc) is 3.36. The number of thioether (sulfide) groups is 1. The van der Waals surface area contributed by atoms with E-state index in [1.165, 1.54) is 24.3 Å². The molecule has 35 heavy (non-hydrogen) atoms. The van der Waals surface area contributed by atoms with Crippen molar-refractivity contribution in [2.24, 2.45) is 0 Å². The fourth-order valence-electron chi connectivity index (χ4n) is 3.35. The van der Waals surface area contributed by atoms with Crippen LogP contribution < -0.4 is 10.4 Å². The van der Waals surface area contributed by atoms with E-state index in [1.807, 2.05) is 26.0 Å². The van der Waals surface area contributed by atoms with E-state index in [1.54, 1.807) is 18.2 Å². The Bertz CT molecular complexity index is 1410. The van der Waals surface area contributed by atoms with Gasteiger partial charge in [0, 0.05) is 17.3 Å². The molecule has 1 aliphatic rings. The highest BCUT2D eigenvalue weighted by Crippen LogP contribution is 2.35. The largest absolute Gasteiger partial charge is 0.545 e. The van der Waals surface area contributed by atoms with Crippen molar-refractivity contribution >= 4 is 58.1 Å².